The molecule has 0 aliphatic heterocycles. The second-order valence-electron chi connectivity index (χ2n) is 8.06. The molecule has 3 aromatic heterocycles. The zero-order valence-electron chi connectivity index (χ0n) is 18.8. The molecule has 0 fully saturated rings. The zero-order valence-corrected chi connectivity index (χ0v) is 19.6. The van der Waals surface area contributed by atoms with E-state index < -0.39 is 10.8 Å². The van der Waals surface area contributed by atoms with Gasteiger partial charge in [-0.1, -0.05) is 29.5 Å². The first kappa shape index (κ1) is 21.7. The number of hydrogen-bond donors (Lipinski definition) is 2. The van der Waals surface area contributed by atoms with Gasteiger partial charge in [0.25, 0.3) is 11.6 Å². The van der Waals surface area contributed by atoms with Crippen LogP contribution in [0.5, 0.6) is 5.75 Å². The number of thiazole rings is 1. The Kier molecular flexibility index (Phi) is 5.08. The lowest BCUT2D eigenvalue weighted by Crippen LogP contribution is -2.14. The molecule has 176 valence electrons. The van der Waals surface area contributed by atoms with Crippen molar-refractivity contribution in [3.05, 3.63) is 88.6 Å². The Morgan fingerprint density at radius 1 is 1.03 bits per heavy atom. The number of methoxy groups -OCH3 is 1. The van der Waals surface area contributed by atoms with E-state index in [0.29, 0.717) is 21.0 Å². The number of pyridine rings is 1. The third-order valence-electron chi connectivity index (χ3n) is 5.90. The molecule has 6 aromatic rings. The third-order valence-corrected chi connectivity index (χ3v) is 6.83. The number of aromatic nitrogens is 3. The van der Waals surface area contributed by atoms with Crippen LogP contribution in [0, 0.1) is 10.1 Å². The number of fused-ring (bicyclic) bond motifs is 4. The van der Waals surface area contributed by atoms with E-state index >= 15 is 0 Å². The minimum atomic E-state index is -0.460. The molecule has 2 N–H and O–H groups in total. The first-order chi connectivity index (χ1) is 17.5. The second kappa shape index (κ2) is 8.43. The minimum Gasteiger partial charge on any atom is -0.497 e. The van der Waals surface area contributed by atoms with E-state index in [-0.39, 0.29) is 11.4 Å². The molecule has 0 atom stereocenters. The van der Waals surface area contributed by atoms with Gasteiger partial charge in [-0.25, -0.2) is 9.97 Å². The molecule has 0 bridgehead atoms. The minimum absolute atomic E-state index is 0.0281. The highest BCUT2D eigenvalue weighted by atomic mass is 32.1. The molecule has 1 amide bonds. The first-order valence-electron chi connectivity index (χ1n) is 10.9. The van der Waals surface area contributed by atoms with Crippen LogP contribution in [-0.4, -0.2) is 32.9 Å². The number of carbonyl (C=O) groups is 1. The molecule has 10 heteroatoms. The van der Waals surface area contributed by atoms with E-state index in [4.69, 9.17) is 9.72 Å². The summed E-state index contributed by atoms with van der Waals surface area (Å²) in [5, 5.41) is 16.1. The number of non-ortho nitro benzene ring substituents is 1. The number of para-hydroxylation sites is 1. The van der Waals surface area contributed by atoms with Crippen LogP contribution in [-0.2, 0) is 0 Å². The highest BCUT2D eigenvalue weighted by Gasteiger charge is 2.19. The summed E-state index contributed by atoms with van der Waals surface area (Å²) in [6, 6.07) is 21.5. The average Bonchev–Trinajstić information content (AvgIpc) is 3.48. The lowest BCUT2D eigenvalue weighted by atomic mass is 10.1. The fourth-order valence-corrected chi connectivity index (χ4v) is 5.06. The molecule has 0 aliphatic carbocycles. The maximum absolute atomic E-state index is 13.3. The molecule has 0 spiro atoms. The molecule has 0 radical (unpaired) electrons. The number of amides is 1. The quantitative estimate of drug-likeness (QED) is 0.218. The van der Waals surface area contributed by atoms with Gasteiger partial charge in [0.1, 0.15) is 11.4 Å². The van der Waals surface area contributed by atoms with E-state index in [0.717, 1.165) is 33.1 Å². The van der Waals surface area contributed by atoms with Gasteiger partial charge in [-0.3, -0.25) is 20.2 Å². The van der Waals surface area contributed by atoms with Crippen LogP contribution in [0.1, 0.15) is 10.5 Å². The maximum atomic E-state index is 13.3. The van der Waals surface area contributed by atoms with Crippen LogP contribution in [0.4, 0.5) is 10.8 Å². The van der Waals surface area contributed by atoms with Crippen molar-refractivity contribution in [3.63, 3.8) is 0 Å². The van der Waals surface area contributed by atoms with E-state index in [9.17, 15) is 14.9 Å². The van der Waals surface area contributed by atoms with Crippen molar-refractivity contribution in [2.45, 2.75) is 0 Å². The summed E-state index contributed by atoms with van der Waals surface area (Å²) in [6.07, 6.45) is 0. The normalized spacial score (nSPS) is 11.2. The highest BCUT2D eigenvalue weighted by Crippen LogP contribution is 2.34. The number of ether oxygens (including phenoxy) is 1. The van der Waals surface area contributed by atoms with E-state index in [1.54, 1.807) is 19.2 Å². The lowest BCUT2D eigenvalue weighted by Gasteiger charge is -2.08. The smallest absolute Gasteiger partial charge is 0.276 e. The van der Waals surface area contributed by atoms with Crippen molar-refractivity contribution in [1.29, 1.82) is 0 Å². The number of carbonyl (C=O) groups excluding carboxylic acids is 1. The Balaban J connectivity index is 1.44. The van der Waals surface area contributed by atoms with Crippen molar-refractivity contribution in [1.82, 2.24) is 15.0 Å². The zero-order chi connectivity index (χ0) is 24.8. The monoisotopic (exact) mass is 495 g/mol. The van der Waals surface area contributed by atoms with Crippen LogP contribution < -0.4 is 10.1 Å². The maximum Gasteiger partial charge on any atom is 0.276 e. The number of nitro groups is 1. The number of rotatable bonds is 5. The number of nitrogens with one attached hydrogen (secondary N) is 2. The van der Waals surface area contributed by atoms with Crippen molar-refractivity contribution < 1.29 is 14.5 Å². The predicted octanol–water partition coefficient (Wildman–Crippen LogP) is 6.16. The van der Waals surface area contributed by atoms with Gasteiger partial charge in [-0.15, -0.1) is 0 Å². The van der Waals surface area contributed by atoms with Crippen molar-refractivity contribution in [3.8, 4) is 17.0 Å². The Labute approximate surface area is 207 Å². The molecule has 6 rings (SSSR count). The summed E-state index contributed by atoms with van der Waals surface area (Å²) in [5.74, 6) is 0.294. The molecule has 0 saturated heterocycles. The molecule has 0 unspecified atom stereocenters. The molecule has 0 aliphatic rings. The first-order valence-corrected chi connectivity index (χ1v) is 11.7. The van der Waals surface area contributed by atoms with Crippen LogP contribution >= 0.6 is 11.3 Å². The topological polar surface area (TPSA) is 123 Å². The molecule has 36 heavy (non-hydrogen) atoms. The van der Waals surface area contributed by atoms with Gasteiger partial charge in [0.2, 0.25) is 0 Å². The van der Waals surface area contributed by atoms with Gasteiger partial charge in [0, 0.05) is 34.0 Å². The summed E-state index contributed by atoms with van der Waals surface area (Å²) in [5.41, 5.74) is 3.99. The van der Waals surface area contributed by atoms with Gasteiger partial charge < -0.3 is 9.72 Å². The van der Waals surface area contributed by atoms with Crippen molar-refractivity contribution >= 4 is 60.1 Å². The number of aromatic amines is 1. The Morgan fingerprint density at radius 2 is 1.83 bits per heavy atom. The number of hydrogen-bond acceptors (Lipinski definition) is 7. The number of nitro benzene ring substituents is 1. The Hall–Kier alpha value is -4.83. The standard InChI is InChI=1S/C26H17N5O4S/c1-35-16-9-6-14(7-10-16)23-24-18(17-4-2-3-5-19(17)27-24)13-21(28-23)25(32)30-26-29-20-11-8-15(31(33)34)12-22(20)36-26/h2-13,27H,1H3,(H,29,30,32). The molecule has 9 nitrogen and oxygen atoms in total. The third kappa shape index (κ3) is 3.69. The fourth-order valence-electron chi connectivity index (χ4n) is 4.16. The number of H-pyrrole nitrogens is 1. The van der Waals surface area contributed by atoms with Gasteiger partial charge in [-0.2, -0.15) is 0 Å². The van der Waals surface area contributed by atoms with Gasteiger partial charge in [-0.05, 0) is 42.5 Å². The van der Waals surface area contributed by atoms with Crippen LogP contribution in [0.25, 0.3) is 43.3 Å². The number of nitrogens with zero attached hydrogens (tertiary/aromatic N) is 3. The van der Waals surface area contributed by atoms with Gasteiger partial charge in [0.05, 0.1) is 33.5 Å². The largest absolute Gasteiger partial charge is 0.497 e. The SMILES string of the molecule is COc1ccc(-c2nc(C(=O)Nc3nc4ccc([N+](=O)[O-])cc4s3)cc3c2[nH]c2ccccc23)cc1. The number of benzene rings is 3. The van der Waals surface area contributed by atoms with Gasteiger partial charge >= 0.3 is 0 Å². The highest BCUT2D eigenvalue weighted by molar-refractivity contribution is 7.22. The summed E-state index contributed by atoms with van der Waals surface area (Å²) >= 11 is 1.17. The second-order valence-corrected chi connectivity index (χ2v) is 9.09. The lowest BCUT2D eigenvalue weighted by molar-refractivity contribution is -0.384. The fraction of sp³-hybridized carbons (Fsp3) is 0.0385. The summed E-state index contributed by atoms with van der Waals surface area (Å²) in [7, 11) is 1.61. The molecule has 3 aromatic carbocycles. The number of anilines is 1. The van der Waals surface area contributed by atoms with Crippen LogP contribution in [0.15, 0.2) is 72.8 Å². The predicted molar refractivity (Wildman–Crippen MR) is 140 cm³/mol. The summed E-state index contributed by atoms with van der Waals surface area (Å²) in [6.45, 7) is 0. The molecule has 0 saturated carbocycles. The van der Waals surface area contributed by atoms with E-state index in [2.05, 4.69) is 15.3 Å². The summed E-state index contributed by atoms with van der Waals surface area (Å²) < 4.78 is 5.89. The molecular weight excluding hydrogens is 478 g/mol. The molecule has 3 heterocycles. The van der Waals surface area contributed by atoms with Crippen molar-refractivity contribution in [2.24, 2.45) is 0 Å². The summed E-state index contributed by atoms with van der Waals surface area (Å²) in [4.78, 5) is 36.5. The van der Waals surface area contributed by atoms with Gasteiger partial charge in [0.15, 0.2) is 5.13 Å². The Bertz CT molecular complexity index is 1810. The molecular formula is C26H17N5O4S. The van der Waals surface area contributed by atoms with E-state index in [1.807, 2.05) is 48.5 Å². The Morgan fingerprint density at radius 3 is 2.61 bits per heavy atom. The van der Waals surface area contributed by atoms with Crippen LogP contribution in [0.3, 0.4) is 0 Å². The average molecular weight is 496 g/mol. The van der Waals surface area contributed by atoms with Crippen LogP contribution in [0.2, 0.25) is 0 Å². The van der Waals surface area contributed by atoms with Crippen molar-refractivity contribution in [2.75, 3.05) is 12.4 Å². The van der Waals surface area contributed by atoms with E-state index in [1.165, 1.54) is 23.5 Å².